The minimum atomic E-state index is -0.0246. The minimum Gasteiger partial charge on any atom is -0.355 e. The van der Waals surface area contributed by atoms with Crippen LogP contribution >= 0.6 is 0 Å². The first-order valence-corrected chi connectivity index (χ1v) is 7.37. The molecule has 0 saturated carbocycles. The Bertz CT molecular complexity index is 257. The molecule has 1 fully saturated rings. The molecule has 18 heavy (non-hydrogen) atoms. The second-order valence-electron chi connectivity index (χ2n) is 5.44. The van der Waals surface area contributed by atoms with E-state index in [2.05, 4.69) is 24.1 Å². The van der Waals surface area contributed by atoms with Crippen LogP contribution in [0.25, 0.3) is 0 Å². The third-order valence-electron chi connectivity index (χ3n) is 4.11. The summed E-state index contributed by atoms with van der Waals surface area (Å²) in [5.41, 5.74) is 6.10. The normalized spacial score (nSPS) is 26.9. The maximum Gasteiger partial charge on any atom is 0.237 e. The van der Waals surface area contributed by atoms with E-state index >= 15 is 0 Å². The summed E-state index contributed by atoms with van der Waals surface area (Å²) in [6.45, 7) is 9.02. The van der Waals surface area contributed by atoms with Gasteiger partial charge in [0.2, 0.25) is 5.91 Å². The topological polar surface area (TPSA) is 58.4 Å². The molecule has 3 unspecified atom stereocenters. The van der Waals surface area contributed by atoms with Crippen molar-refractivity contribution in [2.45, 2.75) is 58.5 Å². The molecule has 0 aromatic rings. The van der Waals surface area contributed by atoms with Crippen LogP contribution in [-0.4, -0.2) is 42.5 Å². The van der Waals surface area contributed by atoms with Gasteiger partial charge in [0.05, 0.1) is 6.04 Å². The van der Waals surface area contributed by atoms with Crippen LogP contribution in [-0.2, 0) is 4.79 Å². The average molecular weight is 255 g/mol. The predicted octanol–water partition coefficient (Wildman–Crippen LogP) is 1.35. The average Bonchev–Trinajstić information content (AvgIpc) is 2.38. The van der Waals surface area contributed by atoms with Crippen LogP contribution < -0.4 is 11.1 Å². The first kappa shape index (κ1) is 15.4. The maximum absolute atomic E-state index is 12.0. The number of likely N-dealkylation sites (tertiary alicyclic amines) is 1. The molecule has 0 aromatic carbocycles. The number of hydrogen-bond acceptors (Lipinski definition) is 3. The van der Waals surface area contributed by atoms with Crippen LogP contribution in [0.2, 0.25) is 0 Å². The number of nitrogens with zero attached hydrogens (tertiary/aromatic N) is 1. The van der Waals surface area contributed by atoms with Gasteiger partial charge in [-0.3, -0.25) is 9.69 Å². The van der Waals surface area contributed by atoms with Crippen molar-refractivity contribution < 1.29 is 4.79 Å². The lowest BCUT2D eigenvalue weighted by Crippen LogP contribution is -2.53. The fourth-order valence-electron chi connectivity index (χ4n) is 2.56. The summed E-state index contributed by atoms with van der Waals surface area (Å²) in [5, 5.41) is 3.01. The van der Waals surface area contributed by atoms with Gasteiger partial charge in [-0.05, 0) is 25.7 Å². The predicted molar refractivity (Wildman–Crippen MR) is 75.3 cm³/mol. The van der Waals surface area contributed by atoms with Gasteiger partial charge in [-0.25, -0.2) is 0 Å². The van der Waals surface area contributed by atoms with Crippen molar-refractivity contribution >= 4 is 5.91 Å². The van der Waals surface area contributed by atoms with E-state index < -0.39 is 0 Å². The summed E-state index contributed by atoms with van der Waals surface area (Å²) in [5.74, 6) is 0.693. The number of unbranched alkanes of at least 4 members (excludes halogenated alkanes) is 1. The lowest BCUT2D eigenvalue weighted by molar-refractivity contribution is -0.126. The number of carbonyl (C=O) groups is 1. The van der Waals surface area contributed by atoms with Gasteiger partial charge in [-0.1, -0.05) is 26.7 Å². The Morgan fingerprint density at radius 2 is 2.22 bits per heavy atom. The highest BCUT2D eigenvalue weighted by Crippen LogP contribution is 2.20. The second-order valence-corrected chi connectivity index (χ2v) is 5.44. The molecule has 3 atom stereocenters. The molecule has 3 N–H and O–H groups in total. The van der Waals surface area contributed by atoms with E-state index in [4.69, 9.17) is 5.73 Å². The Morgan fingerprint density at radius 3 is 2.83 bits per heavy atom. The SMILES string of the molecule is CCCCNC(=O)C(C)N1CCC(N)C(CC)C1. The van der Waals surface area contributed by atoms with Crippen LogP contribution in [0.4, 0.5) is 0 Å². The molecule has 1 rings (SSSR count). The van der Waals surface area contributed by atoms with E-state index in [9.17, 15) is 4.79 Å². The summed E-state index contributed by atoms with van der Waals surface area (Å²) in [6, 6.07) is 0.282. The summed E-state index contributed by atoms with van der Waals surface area (Å²) in [7, 11) is 0. The Kier molecular flexibility index (Phi) is 6.65. The van der Waals surface area contributed by atoms with Crippen molar-refractivity contribution in [2.24, 2.45) is 11.7 Å². The molecule has 0 spiro atoms. The third-order valence-corrected chi connectivity index (χ3v) is 4.11. The number of rotatable bonds is 6. The van der Waals surface area contributed by atoms with E-state index in [0.717, 1.165) is 45.3 Å². The molecule has 0 bridgehead atoms. The van der Waals surface area contributed by atoms with Gasteiger partial charge in [0.25, 0.3) is 0 Å². The monoisotopic (exact) mass is 255 g/mol. The van der Waals surface area contributed by atoms with Crippen LogP contribution in [0.5, 0.6) is 0 Å². The lowest BCUT2D eigenvalue weighted by atomic mass is 9.90. The van der Waals surface area contributed by atoms with E-state index in [-0.39, 0.29) is 11.9 Å². The van der Waals surface area contributed by atoms with Gasteiger partial charge in [0.1, 0.15) is 0 Å². The molecule has 1 amide bonds. The summed E-state index contributed by atoms with van der Waals surface area (Å²) < 4.78 is 0. The van der Waals surface area contributed by atoms with Gasteiger partial charge in [0.15, 0.2) is 0 Å². The number of piperidine rings is 1. The molecule has 0 radical (unpaired) electrons. The summed E-state index contributed by atoms with van der Waals surface area (Å²) >= 11 is 0. The number of amides is 1. The molecular weight excluding hydrogens is 226 g/mol. The Morgan fingerprint density at radius 1 is 1.50 bits per heavy atom. The fraction of sp³-hybridized carbons (Fsp3) is 0.929. The molecule has 106 valence electrons. The molecular formula is C14H29N3O. The maximum atomic E-state index is 12.0. The molecule has 4 nitrogen and oxygen atoms in total. The summed E-state index contributed by atoms with van der Waals surface area (Å²) in [4.78, 5) is 14.3. The van der Waals surface area contributed by atoms with Gasteiger partial charge in [-0.15, -0.1) is 0 Å². The highest BCUT2D eigenvalue weighted by Gasteiger charge is 2.30. The van der Waals surface area contributed by atoms with Crippen molar-refractivity contribution in [1.29, 1.82) is 0 Å². The third kappa shape index (κ3) is 4.25. The molecule has 0 aromatic heterocycles. The number of carbonyl (C=O) groups excluding carboxylic acids is 1. The summed E-state index contributed by atoms with van der Waals surface area (Å²) in [6.07, 6.45) is 4.28. The molecule has 1 heterocycles. The van der Waals surface area contributed by atoms with Crippen LogP contribution in [0, 0.1) is 5.92 Å². The van der Waals surface area contributed by atoms with Gasteiger partial charge >= 0.3 is 0 Å². The zero-order valence-electron chi connectivity index (χ0n) is 12.1. The van der Waals surface area contributed by atoms with Crippen LogP contribution in [0.3, 0.4) is 0 Å². The van der Waals surface area contributed by atoms with Crippen molar-refractivity contribution in [1.82, 2.24) is 10.2 Å². The Hall–Kier alpha value is -0.610. The lowest BCUT2D eigenvalue weighted by Gasteiger charge is -2.39. The smallest absolute Gasteiger partial charge is 0.237 e. The highest BCUT2D eigenvalue weighted by atomic mass is 16.2. The van der Waals surface area contributed by atoms with Gasteiger partial charge in [0, 0.05) is 25.7 Å². The quantitative estimate of drug-likeness (QED) is 0.704. The molecule has 1 saturated heterocycles. The second kappa shape index (κ2) is 7.74. The molecule has 4 heteroatoms. The van der Waals surface area contributed by atoms with Gasteiger partial charge < -0.3 is 11.1 Å². The van der Waals surface area contributed by atoms with Crippen molar-refractivity contribution in [3.63, 3.8) is 0 Å². The zero-order valence-corrected chi connectivity index (χ0v) is 12.1. The standard InChI is InChI=1S/C14H29N3O/c1-4-6-8-16-14(18)11(3)17-9-7-13(15)12(5-2)10-17/h11-13H,4-10,15H2,1-3H3,(H,16,18). The van der Waals surface area contributed by atoms with E-state index in [1.54, 1.807) is 0 Å². The van der Waals surface area contributed by atoms with E-state index in [1.165, 1.54) is 0 Å². The Balaban J connectivity index is 2.41. The number of hydrogen-bond donors (Lipinski definition) is 2. The minimum absolute atomic E-state index is 0.0246. The van der Waals surface area contributed by atoms with E-state index in [0.29, 0.717) is 12.0 Å². The molecule has 0 aliphatic carbocycles. The number of nitrogens with two attached hydrogens (primary N) is 1. The van der Waals surface area contributed by atoms with Crippen molar-refractivity contribution in [2.75, 3.05) is 19.6 Å². The fourth-order valence-corrected chi connectivity index (χ4v) is 2.56. The molecule has 1 aliphatic rings. The van der Waals surface area contributed by atoms with E-state index in [1.807, 2.05) is 6.92 Å². The largest absolute Gasteiger partial charge is 0.355 e. The first-order chi connectivity index (χ1) is 8.60. The Labute approximate surface area is 111 Å². The van der Waals surface area contributed by atoms with Crippen molar-refractivity contribution in [3.8, 4) is 0 Å². The zero-order chi connectivity index (χ0) is 13.5. The van der Waals surface area contributed by atoms with Crippen LogP contribution in [0.1, 0.15) is 46.5 Å². The van der Waals surface area contributed by atoms with Gasteiger partial charge in [-0.2, -0.15) is 0 Å². The van der Waals surface area contributed by atoms with Crippen LogP contribution in [0.15, 0.2) is 0 Å². The first-order valence-electron chi connectivity index (χ1n) is 7.37. The highest BCUT2D eigenvalue weighted by molar-refractivity contribution is 5.81. The van der Waals surface area contributed by atoms with Crippen molar-refractivity contribution in [3.05, 3.63) is 0 Å². The molecule has 1 aliphatic heterocycles. The number of nitrogens with one attached hydrogen (secondary N) is 1.